The van der Waals surface area contributed by atoms with E-state index in [0.29, 0.717) is 5.56 Å². The lowest BCUT2D eigenvalue weighted by Gasteiger charge is -2.05. The van der Waals surface area contributed by atoms with Gasteiger partial charge in [-0.2, -0.15) is 0 Å². The molecule has 3 nitrogen and oxygen atoms in total. The molecule has 1 aromatic carbocycles. The van der Waals surface area contributed by atoms with E-state index < -0.39 is 9.84 Å². The fourth-order valence-electron chi connectivity index (χ4n) is 1.46. The van der Waals surface area contributed by atoms with Gasteiger partial charge < -0.3 is 0 Å². The van der Waals surface area contributed by atoms with Crippen molar-refractivity contribution < 1.29 is 8.42 Å². The van der Waals surface area contributed by atoms with Crippen LogP contribution in [0.5, 0.6) is 0 Å². The third kappa shape index (κ3) is 2.84. The van der Waals surface area contributed by atoms with Crippen molar-refractivity contribution in [3.05, 3.63) is 59.2 Å². The van der Waals surface area contributed by atoms with Crippen LogP contribution >= 0.6 is 11.6 Å². The fourth-order valence-corrected chi connectivity index (χ4v) is 3.29. The average Bonchev–Trinajstić information content (AvgIpc) is 2.30. The Kier molecular flexibility index (Phi) is 3.45. The fraction of sp³-hybridized carbons (Fsp3) is 0.0833. The lowest BCUT2D eigenvalue weighted by molar-refractivity contribution is 0.591. The lowest BCUT2D eigenvalue weighted by Crippen LogP contribution is -2.07. The van der Waals surface area contributed by atoms with E-state index in [1.807, 2.05) is 6.07 Å². The molecule has 0 saturated carbocycles. The van der Waals surface area contributed by atoms with Crippen LogP contribution in [0.3, 0.4) is 0 Å². The van der Waals surface area contributed by atoms with Gasteiger partial charge in [0.1, 0.15) is 0 Å². The van der Waals surface area contributed by atoms with Crippen molar-refractivity contribution in [1.29, 1.82) is 0 Å². The first-order chi connectivity index (χ1) is 8.09. The van der Waals surface area contributed by atoms with Crippen molar-refractivity contribution in [2.45, 2.75) is 10.8 Å². The summed E-state index contributed by atoms with van der Waals surface area (Å²) in [6.07, 6.45) is 1.42. The quantitative estimate of drug-likeness (QED) is 0.859. The van der Waals surface area contributed by atoms with E-state index in [4.69, 9.17) is 11.6 Å². The number of aromatic nitrogens is 1. The zero-order valence-corrected chi connectivity index (χ0v) is 10.4. The average molecular weight is 268 g/mol. The van der Waals surface area contributed by atoms with Gasteiger partial charge in [0.15, 0.2) is 5.03 Å². The van der Waals surface area contributed by atoms with Gasteiger partial charge in [-0.25, -0.2) is 13.4 Å². The summed E-state index contributed by atoms with van der Waals surface area (Å²) in [6.45, 7) is 0. The van der Waals surface area contributed by atoms with Gasteiger partial charge in [0.25, 0.3) is 0 Å². The summed E-state index contributed by atoms with van der Waals surface area (Å²) in [5.74, 6) is -0.0927. The molecule has 0 N–H and O–H groups in total. The number of pyridine rings is 1. The highest BCUT2D eigenvalue weighted by Gasteiger charge is 2.19. The van der Waals surface area contributed by atoms with Crippen LogP contribution in [-0.4, -0.2) is 13.4 Å². The van der Waals surface area contributed by atoms with E-state index in [1.54, 1.807) is 30.3 Å². The summed E-state index contributed by atoms with van der Waals surface area (Å²) in [7, 11) is -3.49. The van der Waals surface area contributed by atoms with Gasteiger partial charge in [-0.15, -0.1) is 0 Å². The van der Waals surface area contributed by atoms with Crippen LogP contribution in [0.1, 0.15) is 5.56 Å². The van der Waals surface area contributed by atoms with E-state index >= 15 is 0 Å². The molecule has 1 aromatic heterocycles. The molecule has 0 fully saturated rings. The van der Waals surface area contributed by atoms with Crippen molar-refractivity contribution in [3.8, 4) is 0 Å². The predicted octanol–water partition coefficient (Wildman–Crippen LogP) is 2.71. The SMILES string of the molecule is O=S(=O)(Cc1ccccc1)c1ncccc1Cl. The minimum atomic E-state index is -3.49. The number of hydrogen-bond acceptors (Lipinski definition) is 3. The first-order valence-electron chi connectivity index (χ1n) is 4.97. The molecule has 0 radical (unpaired) electrons. The standard InChI is InChI=1S/C12H10ClNO2S/c13-11-7-4-8-14-12(11)17(15,16)9-10-5-2-1-3-6-10/h1-8H,9H2. The van der Waals surface area contributed by atoms with E-state index in [-0.39, 0.29) is 15.8 Å². The third-order valence-electron chi connectivity index (χ3n) is 2.22. The Hall–Kier alpha value is -1.39. The molecule has 5 heteroatoms. The van der Waals surface area contributed by atoms with Crippen molar-refractivity contribution in [2.24, 2.45) is 0 Å². The smallest absolute Gasteiger partial charge is 0.201 e. The van der Waals surface area contributed by atoms with Crippen LogP contribution in [0.15, 0.2) is 53.7 Å². The summed E-state index contributed by atoms with van der Waals surface area (Å²) >= 11 is 5.83. The summed E-state index contributed by atoms with van der Waals surface area (Å²) in [4.78, 5) is 3.83. The molecule has 0 saturated heterocycles. The van der Waals surface area contributed by atoms with Gasteiger partial charge in [0, 0.05) is 6.20 Å². The number of rotatable bonds is 3. The van der Waals surface area contributed by atoms with E-state index in [2.05, 4.69) is 4.98 Å². The predicted molar refractivity (Wildman–Crippen MR) is 66.6 cm³/mol. The topological polar surface area (TPSA) is 47.0 Å². The molecule has 0 atom stereocenters. The van der Waals surface area contributed by atoms with Crippen LogP contribution in [0, 0.1) is 0 Å². The van der Waals surface area contributed by atoms with Crippen LogP contribution in [0.25, 0.3) is 0 Å². The molecule has 0 aliphatic carbocycles. The van der Waals surface area contributed by atoms with Gasteiger partial charge >= 0.3 is 0 Å². The summed E-state index contributed by atoms with van der Waals surface area (Å²) < 4.78 is 24.2. The minimum absolute atomic E-state index is 0.0643. The maximum absolute atomic E-state index is 12.1. The second-order valence-corrected chi connectivity index (χ2v) is 5.85. The molecule has 0 bridgehead atoms. The Bertz CT molecular complexity index is 611. The Balaban J connectivity index is 2.36. The number of halogens is 1. The first kappa shape index (κ1) is 12.1. The number of sulfone groups is 1. The van der Waals surface area contributed by atoms with Gasteiger partial charge in [0.05, 0.1) is 10.8 Å². The molecule has 0 aliphatic heterocycles. The Morgan fingerprint density at radius 2 is 1.76 bits per heavy atom. The lowest BCUT2D eigenvalue weighted by atomic mass is 10.2. The van der Waals surface area contributed by atoms with Crippen LogP contribution in [-0.2, 0) is 15.6 Å². The molecule has 0 amide bonds. The third-order valence-corrected chi connectivity index (χ3v) is 4.26. The van der Waals surface area contributed by atoms with Crippen LogP contribution in [0.4, 0.5) is 0 Å². The highest BCUT2D eigenvalue weighted by Crippen LogP contribution is 2.21. The second-order valence-electron chi connectivity index (χ2n) is 3.54. The van der Waals surface area contributed by atoms with Gasteiger partial charge in [0.2, 0.25) is 9.84 Å². The Labute approximate surface area is 105 Å². The molecule has 0 spiro atoms. The van der Waals surface area contributed by atoms with E-state index in [0.717, 1.165) is 0 Å². The Morgan fingerprint density at radius 3 is 2.41 bits per heavy atom. The second kappa shape index (κ2) is 4.85. The largest absolute Gasteiger partial charge is 0.243 e. The summed E-state index contributed by atoms with van der Waals surface area (Å²) in [5.41, 5.74) is 0.717. The minimum Gasteiger partial charge on any atom is -0.243 e. The highest BCUT2D eigenvalue weighted by atomic mass is 35.5. The van der Waals surface area contributed by atoms with Crippen molar-refractivity contribution in [1.82, 2.24) is 4.98 Å². The van der Waals surface area contributed by atoms with Crippen molar-refractivity contribution in [2.75, 3.05) is 0 Å². The molecular formula is C12H10ClNO2S. The number of benzene rings is 1. The van der Waals surface area contributed by atoms with Crippen LogP contribution < -0.4 is 0 Å². The number of hydrogen-bond donors (Lipinski definition) is 0. The van der Waals surface area contributed by atoms with E-state index in [9.17, 15) is 8.42 Å². The maximum Gasteiger partial charge on any atom is 0.201 e. The van der Waals surface area contributed by atoms with Gasteiger partial charge in [-0.1, -0.05) is 41.9 Å². The molecule has 88 valence electrons. The zero-order chi connectivity index (χ0) is 12.3. The molecule has 17 heavy (non-hydrogen) atoms. The van der Waals surface area contributed by atoms with Crippen molar-refractivity contribution >= 4 is 21.4 Å². The maximum atomic E-state index is 12.1. The zero-order valence-electron chi connectivity index (χ0n) is 8.88. The first-order valence-corrected chi connectivity index (χ1v) is 7.00. The highest BCUT2D eigenvalue weighted by molar-refractivity contribution is 7.90. The van der Waals surface area contributed by atoms with E-state index in [1.165, 1.54) is 12.3 Å². The van der Waals surface area contributed by atoms with Crippen molar-refractivity contribution in [3.63, 3.8) is 0 Å². The molecule has 2 aromatic rings. The van der Waals surface area contributed by atoms with Crippen LogP contribution in [0.2, 0.25) is 5.02 Å². The normalized spacial score (nSPS) is 11.4. The molecule has 1 heterocycles. The molecular weight excluding hydrogens is 258 g/mol. The Morgan fingerprint density at radius 1 is 1.06 bits per heavy atom. The monoisotopic (exact) mass is 267 g/mol. The van der Waals surface area contributed by atoms with Gasteiger partial charge in [-0.05, 0) is 17.7 Å². The van der Waals surface area contributed by atoms with Gasteiger partial charge in [-0.3, -0.25) is 0 Å². The summed E-state index contributed by atoms with van der Waals surface area (Å²) in [6, 6.07) is 12.1. The number of nitrogens with zero attached hydrogens (tertiary/aromatic N) is 1. The summed E-state index contributed by atoms with van der Waals surface area (Å²) in [5, 5.41) is 0.0916. The molecule has 0 unspecified atom stereocenters. The molecule has 0 aliphatic rings. The molecule has 2 rings (SSSR count).